The fraction of sp³-hybridized carbons (Fsp3) is 1.00. The molecule has 0 amide bonds. The van der Waals surface area contributed by atoms with Gasteiger partial charge >= 0.3 is 0 Å². The van der Waals surface area contributed by atoms with E-state index in [1.54, 1.807) is 0 Å². The van der Waals surface area contributed by atoms with Crippen LogP contribution in [-0.2, 0) is 23.1 Å². The first-order valence-corrected chi connectivity index (χ1v) is 24.8. The van der Waals surface area contributed by atoms with Crippen LogP contribution in [0.1, 0.15) is 226 Å². The van der Waals surface area contributed by atoms with E-state index in [4.69, 9.17) is 18.5 Å². The number of hydrogen-bond acceptors (Lipinski definition) is 6. The monoisotopic (exact) mass is 776 g/mol. The molecule has 0 fully saturated rings. The highest BCUT2D eigenvalue weighted by Gasteiger charge is 2.17. The molecule has 0 aromatic carbocycles. The van der Waals surface area contributed by atoms with Crippen molar-refractivity contribution < 1.29 is 32.5 Å². The summed E-state index contributed by atoms with van der Waals surface area (Å²) in [6.07, 6.45) is 43.1. The first-order chi connectivity index (χ1) is 25.7. The summed E-state index contributed by atoms with van der Waals surface area (Å²) >= 11 is 0. The van der Waals surface area contributed by atoms with Crippen molar-refractivity contribution in [2.24, 2.45) is 0 Å². The molecule has 0 bridgehead atoms. The Hall–Kier alpha value is -0.0100. The van der Waals surface area contributed by atoms with Crippen LogP contribution in [-0.4, -0.2) is 71.3 Å². The summed E-state index contributed by atoms with van der Waals surface area (Å²) in [5, 5.41) is 0. The Kier molecular flexibility index (Phi) is 40.2. The first kappa shape index (κ1) is 53.0. The van der Waals surface area contributed by atoms with E-state index in [2.05, 4.69) is 35.0 Å². The molecule has 0 aliphatic rings. The van der Waals surface area contributed by atoms with Gasteiger partial charge in [0.25, 0.3) is 7.82 Å². The zero-order valence-electron chi connectivity index (χ0n) is 36.5. The quantitative estimate of drug-likeness (QED) is 0.0348. The van der Waals surface area contributed by atoms with Gasteiger partial charge in [-0.25, -0.2) is 0 Å². The van der Waals surface area contributed by atoms with Crippen molar-refractivity contribution in [1.82, 2.24) is 0 Å². The van der Waals surface area contributed by atoms with Crippen LogP contribution in [0.5, 0.6) is 0 Å². The summed E-state index contributed by atoms with van der Waals surface area (Å²) in [4.78, 5) is 12.4. The van der Waals surface area contributed by atoms with Gasteiger partial charge < -0.3 is 27.9 Å². The number of phosphoric acid groups is 1. The highest BCUT2D eigenvalue weighted by Crippen LogP contribution is 2.38. The van der Waals surface area contributed by atoms with Crippen LogP contribution in [0.25, 0.3) is 0 Å². The van der Waals surface area contributed by atoms with Gasteiger partial charge in [-0.1, -0.05) is 206 Å². The molecule has 2 atom stereocenters. The largest absolute Gasteiger partial charge is 0.756 e. The van der Waals surface area contributed by atoms with E-state index < -0.39 is 13.9 Å². The van der Waals surface area contributed by atoms with E-state index in [0.717, 1.165) is 30.3 Å². The number of unbranched alkanes of at least 4 members (excludes halogenated alkanes) is 30. The first-order valence-electron chi connectivity index (χ1n) is 23.3. The third kappa shape index (κ3) is 44.6. The summed E-state index contributed by atoms with van der Waals surface area (Å²) in [6, 6.07) is 0. The Bertz CT molecular complexity index is 764. The van der Waals surface area contributed by atoms with E-state index in [0.29, 0.717) is 26.2 Å². The highest BCUT2D eigenvalue weighted by molar-refractivity contribution is 7.45. The van der Waals surface area contributed by atoms with Crippen molar-refractivity contribution in [3.05, 3.63) is 0 Å². The smallest absolute Gasteiger partial charge is 0.267 e. The predicted octanol–water partition coefficient (Wildman–Crippen LogP) is 13.5. The molecular weight excluding hydrogens is 681 g/mol. The fourth-order valence-corrected chi connectivity index (χ4v) is 7.71. The lowest BCUT2D eigenvalue weighted by Crippen LogP contribution is -2.35. The summed E-state index contributed by atoms with van der Waals surface area (Å²) in [6.45, 7) is 7.09. The van der Waals surface area contributed by atoms with Gasteiger partial charge in [-0.05, 0) is 12.8 Å². The number of quaternary nitrogens is 1. The van der Waals surface area contributed by atoms with Crippen LogP contribution in [0.15, 0.2) is 0 Å². The standard InChI is InChI=1S/C45H94NO6P/c1-6-8-10-12-14-16-18-20-22-24-26-28-30-32-34-36-40-49-43-45(44-52-53(47,48)51-42-38-39-46(3,4)5)50-41-37-35-33-31-29-27-25-23-21-19-17-15-13-11-9-7-2/h45H,6-44H2,1-5H3. The topological polar surface area (TPSA) is 77.1 Å². The van der Waals surface area contributed by atoms with Crippen molar-refractivity contribution in [2.75, 3.05) is 60.7 Å². The lowest BCUT2D eigenvalue weighted by molar-refractivity contribution is -0.870. The summed E-state index contributed by atoms with van der Waals surface area (Å²) in [5.74, 6) is 0. The van der Waals surface area contributed by atoms with Crippen molar-refractivity contribution in [3.8, 4) is 0 Å². The van der Waals surface area contributed by atoms with Gasteiger partial charge in [0.05, 0.1) is 47.5 Å². The number of nitrogens with zero attached hydrogens (tertiary/aromatic N) is 1. The molecular formula is C45H94NO6P. The van der Waals surface area contributed by atoms with Crippen molar-refractivity contribution >= 4 is 7.82 Å². The SMILES string of the molecule is CCCCCCCCCCCCCCCCCCOCC(COP(=O)([O-])OCCC[N+](C)(C)C)OCCCCCCCCCCCCCCCCCC. The molecule has 0 heterocycles. The maximum absolute atomic E-state index is 12.4. The van der Waals surface area contributed by atoms with E-state index in [1.165, 1.54) is 186 Å². The third-order valence-electron chi connectivity index (χ3n) is 10.4. The van der Waals surface area contributed by atoms with Crippen LogP contribution < -0.4 is 4.89 Å². The molecule has 8 heteroatoms. The van der Waals surface area contributed by atoms with Gasteiger partial charge in [0.1, 0.15) is 6.10 Å². The summed E-state index contributed by atoms with van der Waals surface area (Å²) < 4.78 is 35.6. The minimum absolute atomic E-state index is 0.0616. The van der Waals surface area contributed by atoms with Crippen molar-refractivity contribution in [2.45, 2.75) is 232 Å². The van der Waals surface area contributed by atoms with Gasteiger partial charge in [-0.3, -0.25) is 4.57 Å². The van der Waals surface area contributed by atoms with Gasteiger partial charge in [0, 0.05) is 19.6 Å². The van der Waals surface area contributed by atoms with Crippen LogP contribution >= 0.6 is 7.82 Å². The minimum atomic E-state index is -4.38. The maximum atomic E-state index is 12.4. The zero-order valence-corrected chi connectivity index (χ0v) is 37.4. The summed E-state index contributed by atoms with van der Waals surface area (Å²) in [5.41, 5.74) is 0. The van der Waals surface area contributed by atoms with Crippen LogP contribution in [0.2, 0.25) is 0 Å². The molecule has 7 nitrogen and oxygen atoms in total. The van der Waals surface area contributed by atoms with E-state index >= 15 is 0 Å². The molecule has 320 valence electrons. The Balaban J connectivity index is 4.07. The number of ether oxygens (including phenoxy) is 2. The Labute approximate surface area is 332 Å². The Morgan fingerprint density at radius 3 is 1.13 bits per heavy atom. The number of phosphoric ester groups is 1. The predicted molar refractivity (Wildman–Crippen MR) is 227 cm³/mol. The number of rotatable bonds is 45. The second-order valence-corrected chi connectivity index (χ2v) is 18.5. The molecule has 2 unspecified atom stereocenters. The summed E-state index contributed by atoms with van der Waals surface area (Å²) in [7, 11) is 1.86. The second-order valence-electron chi connectivity index (χ2n) is 17.1. The second kappa shape index (κ2) is 40.2. The molecule has 0 aliphatic carbocycles. The lowest BCUT2D eigenvalue weighted by atomic mass is 10.0. The normalized spacial score (nSPS) is 13.8. The van der Waals surface area contributed by atoms with Gasteiger partial charge in [0.15, 0.2) is 0 Å². The molecule has 0 aliphatic heterocycles. The van der Waals surface area contributed by atoms with Gasteiger partial charge in [0.2, 0.25) is 0 Å². The minimum Gasteiger partial charge on any atom is -0.756 e. The molecule has 0 aromatic rings. The molecule has 0 saturated carbocycles. The fourth-order valence-electron chi connectivity index (χ4n) is 6.94. The average Bonchev–Trinajstić information content (AvgIpc) is 3.12. The molecule has 0 rings (SSSR count). The molecule has 0 spiro atoms. The molecule has 0 radical (unpaired) electrons. The third-order valence-corrected chi connectivity index (χ3v) is 11.4. The van der Waals surface area contributed by atoms with Crippen LogP contribution in [0, 0.1) is 0 Å². The van der Waals surface area contributed by atoms with Crippen LogP contribution in [0.3, 0.4) is 0 Å². The Morgan fingerprint density at radius 2 is 0.774 bits per heavy atom. The van der Waals surface area contributed by atoms with E-state index in [-0.39, 0.29) is 13.2 Å². The van der Waals surface area contributed by atoms with Gasteiger partial charge in [-0.2, -0.15) is 0 Å². The lowest BCUT2D eigenvalue weighted by Gasteiger charge is -2.27. The van der Waals surface area contributed by atoms with Gasteiger partial charge in [-0.15, -0.1) is 0 Å². The molecule has 0 saturated heterocycles. The van der Waals surface area contributed by atoms with Crippen LogP contribution in [0.4, 0.5) is 0 Å². The maximum Gasteiger partial charge on any atom is 0.267 e. The van der Waals surface area contributed by atoms with Crippen molar-refractivity contribution in [3.63, 3.8) is 0 Å². The van der Waals surface area contributed by atoms with Crippen molar-refractivity contribution in [1.29, 1.82) is 0 Å². The van der Waals surface area contributed by atoms with E-state index in [1.807, 2.05) is 0 Å². The molecule has 53 heavy (non-hydrogen) atoms. The molecule has 0 aromatic heterocycles. The highest BCUT2D eigenvalue weighted by atomic mass is 31.2. The van der Waals surface area contributed by atoms with E-state index in [9.17, 15) is 9.46 Å². The number of hydrogen-bond donors (Lipinski definition) is 0. The Morgan fingerprint density at radius 1 is 0.434 bits per heavy atom. The average molecular weight is 776 g/mol. The molecule has 0 N–H and O–H groups in total. The zero-order chi connectivity index (χ0) is 39.0.